The minimum Gasteiger partial charge on any atom is -0.385 e. The number of carbonyl (C=O) groups is 2. The molecule has 1 atom stereocenters. The second kappa shape index (κ2) is 14.6. The highest BCUT2D eigenvalue weighted by molar-refractivity contribution is 5.83. The van der Waals surface area contributed by atoms with Crippen LogP contribution in [0.15, 0.2) is 30.3 Å². The number of nitrogens with one attached hydrogen (secondary N) is 1. The normalized spacial score (nSPS) is 10.7. The van der Waals surface area contributed by atoms with Gasteiger partial charge in [-0.1, -0.05) is 24.0 Å². The quantitative estimate of drug-likeness (QED) is 0.300. The summed E-state index contributed by atoms with van der Waals surface area (Å²) in [4.78, 5) is 33.3. The number of methoxy groups -OCH3 is 1. The minimum atomic E-state index is -1.39. The highest BCUT2D eigenvalue weighted by atomic mass is 16.5. The molecule has 0 aliphatic heterocycles. The van der Waals surface area contributed by atoms with Crippen LogP contribution in [0, 0.1) is 11.8 Å². The Balaban J connectivity index is 0.00000249. The van der Waals surface area contributed by atoms with Crippen molar-refractivity contribution in [2.75, 3.05) is 46.2 Å². The van der Waals surface area contributed by atoms with E-state index in [-0.39, 0.29) is 5.69 Å². The molecule has 1 heterocycles. The van der Waals surface area contributed by atoms with Gasteiger partial charge in [0.25, 0.3) is 5.91 Å². The Morgan fingerprint density at radius 3 is 2.75 bits per heavy atom. The molecule has 0 saturated carbocycles. The van der Waals surface area contributed by atoms with Gasteiger partial charge in [0.05, 0.1) is 0 Å². The Labute approximate surface area is 189 Å². The fourth-order valence-corrected chi connectivity index (χ4v) is 2.49. The average Bonchev–Trinajstić information content (AvgIpc) is 2.85. The molecule has 0 saturated heterocycles. The Morgan fingerprint density at radius 1 is 1.34 bits per heavy atom. The molecule has 0 aliphatic rings. The second-order valence-corrected chi connectivity index (χ2v) is 6.50. The number of hydrogen-bond donors (Lipinski definition) is 3. The molecule has 0 bridgehead atoms. The lowest BCUT2D eigenvalue weighted by atomic mass is 10.1. The molecule has 9 heteroatoms. The largest absolute Gasteiger partial charge is 0.385 e. The summed E-state index contributed by atoms with van der Waals surface area (Å²) in [6.45, 7) is 3.57. The molecule has 4 N–H and O–H groups in total. The number of anilines is 1. The fourth-order valence-electron chi connectivity index (χ4n) is 2.49. The highest BCUT2D eigenvalue weighted by Crippen LogP contribution is 2.19. The van der Waals surface area contributed by atoms with E-state index in [2.05, 4.69) is 32.9 Å². The summed E-state index contributed by atoms with van der Waals surface area (Å²) in [5.41, 5.74) is 6.01. The summed E-state index contributed by atoms with van der Waals surface area (Å²) in [5, 5.41) is 13.1. The Bertz CT molecular complexity index is 939. The number of benzene rings is 1. The number of likely N-dealkylation sites (N-methyl/N-ethyl adjacent to an activating group) is 1. The number of aliphatic hydroxyl groups excluding tert-OH is 1. The molecule has 32 heavy (non-hydrogen) atoms. The van der Waals surface area contributed by atoms with Crippen molar-refractivity contribution >= 4 is 18.0 Å². The lowest BCUT2D eigenvalue weighted by Gasteiger charge is -2.15. The van der Waals surface area contributed by atoms with Crippen molar-refractivity contribution in [3.63, 3.8) is 0 Å². The molecule has 2 rings (SSSR count). The number of carbonyl (C=O) groups excluding carboxylic acids is 2. The van der Waals surface area contributed by atoms with Crippen LogP contribution in [0.1, 0.15) is 29.4 Å². The van der Waals surface area contributed by atoms with Crippen LogP contribution in [0.3, 0.4) is 0 Å². The van der Waals surface area contributed by atoms with E-state index in [1.165, 1.54) is 11.9 Å². The molecule has 172 valence electrons. The third-order valence-corrected chi connectivity index (χ3v) is 4.26. The summed E-state index contributed by atoms with van der Waals surface area (Å²) in [6, 6.07) is 8.65. The van der Waals surface area contributed by atoms with Gasteiger partial charge in [-0.05, 0) is 32.5 Å². The smallest absolute Gasteiger partial charge is 0.263 e. The third-order valence-electron chi connectivity index (χ3n) is 4.26. The first kappa shape index (κ1) is 26.7. The average molecular weight is 442 g/mol. The zero-order valence-corrected chi connectivity index (χ0v) is 19.0. The summed E-state index contributed by atoms with van der Waals surface area (Å²) < 4.78 is 5.02. The number of aldehydes is 1. The number of hydrogen-bond acceptors (Lipinski definition) is 8. The Morgan fingerprint density at radius 2 is 2.09 bits per heavy atom. The van der Waals surface area contributed by atoms with E-state index in [0.717, 1.165) is 6.42 Å². The van der Waals surface area contributed by atoms with Crippen molar-refractivity contribution in [1.29, 1.82) is 0 Å². The van der Waals surface area contributed by atoms with Crippen LogP contribution in [0.5, 0.6) is 0 Å². The first-order valence-electron chi connectivity index (χ1n) is 10.2. The lowest BCUT2D eigenvalue weighted by Crippen LogP contribution is -2.35. The first-order chi connectivity index (χ1) is 15.5. The highest BCUT2D eigenvalue weighted by Gasteiger charge is 2.15. The van der Waals surface area contributed by atoms with Crippen molar-refractivity contribution < 1.29 is 19.4 Å². The van der Waals surface area contributed by atoms with Crippen molar-refractivity contribution in [3.8, 4) is 23.2 Å². The number of nitrogens with zero attached hydrogens (tertiary/aromatic N) is 3. The van der Waals surface area contributed by atoms with Crippen LogP contribution in [-0.4, -0.2) is 79.2 Å². The predicted octanol–water partition coefficient (Wildman–Crippen LogP) is 1.17. The molecule has 2 aromatic rings. The van der Waals surface area contributed by atoms with E-state index in [1.807, 2.05) is 6.92 Å². The maximum Gasteiger partial charge on any atom is 0.263 e. The van der Waals surface area contributed by atoms with Gasteiger partial charge >= 0.3 is 0 Å². The first-order valence-corrected chi connectivity index (χ1v) is 10.2. The maximum absolute atomic E-state index is 11.9. The summed E-state index contributed by atoms with van der Waals surface area (Å²) in [7, 11) is 4.74. The van der Waals surface area contributed by atoms with Crippen molar-refractivity contribution in [2.45, 2.75) is 19.4 Å². The fraction of sp³-hybridized carbons (Fsp3) is 0.391. The van der Waals surface area contributed by atoms with E-state index < -0.39 is 12.0 Å². The van der Waals surface area contributed by atoms with Gasteiger partial charge in [0.15, 0.2) is 18.2 Å². The minimum absolute atomic E-state index is 0.259. The maximum atomic E-state index is 11.9. The Kier molecular flexibility index (Phi) is 12.2. The number of aliphatic hydroxyl groups is 1. The van der Waals surface area contributed by atoms with E-state index in [0.29, 0.717) is 48.8 Å². The van der Waals surface area contributed by atoms with Crippen LogP contribution >= 0.6 is 0 Å². The van der Waals surface area contributed by atoms with E-state index in [9.17, 15) is 14.7 Å². The third kappa shape index (κ3) is 8.43. The van der Waals surface area contributed by atoms with E-state index in [4.69, 9.17) is 4.74 Å². The van der Waals surface area contributed by atoms with Gasteiger partial charge < -0.3 is 25.8 Å². The monoisotopic (exact) mass is 441 g/mol. The SMILES string of the molecule is CCN(C)C(=O)C(O)C#Cc1cccc(-c2nc(C=O)cc(NCCCOC)n2)c1.CN. The second-order valence-electron chi connectivity index (χ2n) is 6.50. The van der Waals surface area contributed by atoms with E-state index >= 15 is 0 Å². The molecule has 0 radical (unpaired) electrons. The van der Waals surface area contributed by atoms with Gasteiger partial charge in [0, 0.05) is 51.0 Å². The van der Waals surface area contributed by atoms with Gasteiger partial charge in [-0.25, -0.2) is 9.97 Å². The molecule has 0 spiro atoms. The molecular formula is C23H31N5O4. The number of nitrogens with two attached hydrogens (primary N) is 1. The van der Waals surface area contributed by atoms with Gasteiger partial charge in [-0.3, -0.25) is 9.59 Å². The molecule has 0 fully saturated rings. The summed E-state index contributed by atoms with van der Waals surface area (Å²) in [5.74, 6) is 5.83. The molecule has 1 unspecified atom stereocenters. The molecule has 0 aliphatic carbocycles. The van der Waals surface area contributed by atoms with E-state index in [1.54, 1.807) is 44.5 Å². The van der Waals surface area contributed by atoms with Gasteiger partial charge in [-0.15, -0.1) is 0 Å². The van der Waals surface area contributed by atoms with Crippen LogP contribution in [0.2, 0.25) is 0 Å². The molecule has 1 aromatic heterocycles. The molecule has 9 nitrogen and oxygen atoms in total. The number of rotatable bonds is 9. The van der Waals surface area contributed by atoms with Gasteiger partial charge in [0.2, 0.25) is 0 Å². The van der Waals surface area contributed by atoms with Crippen LogP contribution in [-0.2, 0) is 9.53 Å². The Hall–Kier alpha value is -3.32. The van der Waals surface area contributed by atoms with Crippen molar-refractivity contribution in [3.05, 3.63) is 41.6 Å². The van der Waals surface area contributed by atoms with Gasteiger partial charge in [0.1, 0.15) is 11.5 Å². The van der Waals surface area contributed by atoms with Crippen LogP contribution < -0.4 is 11.1 Å². The zero-order valence-electron chi connectivity index (χ0n) is 19.0. The summed E-state index contributed by atoms with van der Waals surface area (Å²) >= 11 is 0. The van der Waals surface area contributed by atoms with Crippen LogP contribution in [0.25, 0.3) is 11.4 Å². The topological polar surface area (TPSA) is 131 Å². The predicted molar refractivity (Wildman–Crippen MR) is 124 cm³/mol. The number of ether oxygens (including phenoxy) is 1. The number of aromatic nitrogens is 2. The van der Waals surface area contributed by atoms with Crippen molar-refractivity contribution in [1.82, 2.24) is 14.9 Å². The summed E-state index contributed by atoms with van der Waals surface area (Å²) in [6.07, 6.45) is 0.0728. The lowest BCUT2D eigenvalue weighted by molar-refractivity contribution is -0.135. The van der Waals surface area contributed by atoms with Crippen molar-refractivity contribution in [2.24, 2.45) is 5.73 Å². The number of amides is 1. The molecular weight excluding hydrogens is 410 g/mol. The zero-order chi connectivity index (χ0) is 23.9. The van der Waals surface area contributed by atoms with Crippen LogP contribution in [0.4, 0.5) is 5.82 Å². The molecule has 1 amide bonds. The van der Waals surface area contributed by atoms with Gasteiger partial charge in [-0.2, -0.15) is 0 Å². The molecule has 1 aromatic carbocycles. The standard InChI is InChI=1S/C22H26N4O4.CH5N/c1-4-26(2)22(29)19(28)10-9-16-7-5-8-17(13-16)21-24-18(15-27)14-20(25-21)23-11-6-12-30-3;1-2/h5,7-8,13-15,19,28H,4,6,11-12H2,1-3H3,(H,23,24,25);2H2,1H3.